The SMILES string of the molecule is CCOc1cccc(CNCC(C)(O)CC(C)C)c1OC. The molecule has 0 aliphatic carbocycles. The number of nitrogens with one attached hydrogen (secondary N) is 1. The monoisotopic (exact) mass is 295 g/mol. The number of hydrogen-bond acceptors (Lipinski definition) is 4. The van der Waals surface area contributed by atoms with Crippen molar-refractivity contribution in [3.63, 3.8) is 0 Å². The largest absolute Gasteiger partial charge is 0.493 e. The van der Waals surface area contributed by atoms with Crippen molar-refractivity contribution in [1.29, 1.82) is 0 Å². The van der Waals surface area contributed by atoms with Crippen LogP contribution in [0.3, 0.4) is 0 Å². The van der Waals surface area contributed by atoms with E-state index in [1.165, 1.54) is 0 Å². The van der Waals surface area contributed by atoms with Gasteiger partial charge in [0.2, 0.25) is 0 Å². The highest BCUT2D eigenvalue weighted by Crippen LogP contribution is 2.31. The van der Waals surface area contributed by atoms with Crippen LogP contribution in [0.15, 0.2) is 18.2 Å². The first-order valence-electron chi connectivity index (χ1n) is 7.61. The molecule has 0 radical (unpaired) electrons. The minimum atomic E-state index is -0.696. The topological polar surface area (TPSA) is 50.7 Å². The Morgan fingerprint density at radius 1 is 1.33 bits per heavy atom. The van der Waals surface area contributed by atoms with E-state index in [9.17, 15) is 5.11 Å². The van der Waals surface area contributed by atoms with Gasteiger partial charge in [-0.1, -0.05) is 26.0 Å². The lowest BCUT2D eigenvalue weighted by molar-refractivity contribution is 0.0383. The molecule has 1 aromatic rings. The maximum absolute atomic E-state index is 10.3. The molecule has 0 saturated heterocycles. The van der Waals surface area contributed by atoms with Crippen molar-refractivity contribution < 1.29 is 14.6 Å². The van der Waals surface area contributed by atoms with Crippen LogP contribution < -0.4 is 14.8 Å². The molecule has 0 aliphatic rings. The van der Waals surface area contributed by atoms with Crippen LogP contribution in [0.5, 0.6) is 11.5 Å². The third-order valence-corrected chi connectivity index (χ3v) is 3.23. The van der Waals surface area contributed by atoms with Crippen molar-refractivity contribution in [3.05, 3.63) is 23.8 Å². The lowest BCUT2D eigenvalue weighted by Gasteiger charge is -2.26. The van der Waals surface area contributed by atoms with Crippen LogP contribution in [0.2, 0.25) is 0 Å². The molecular weight excluding hydrogens is 266 g/mol. The summed E-state index contributed by atoms with van der Waals surface area (Å²) < 4.78 is 11.0. The first-order chi connectivity index (χ1) is 9.89. The average molecular weight is 295 g/mol. The fourth-order valence-corrected chi connectivity index (χ4v) is 2.62. The normalized spacial score (nSPS) is 14.0. The fourth-order valence-electron chi connectivity index (χ4n) is 2.62. The van der Waals surface area contributed by atoms with Crippen LogP contribution in [0.1, 0.15) is 39.7 Å². The summed E-state index contributed by atoms with van der Waals surface area (Å²) >= 11 is 0. The summed E-state index contributed by atoms with van der Waals surface area (Å²) in [5, 5.41) is 13.6. The second kappa shape index (κ2) is 8.25. The van der Waals surface area contributed by atoms with E-state index in [1.807, 2.05) is 32.0 Å². The zero-order valence-electron chi connectivity index (χ0n) is 13.9. The van der Waals surface area contributed by atoms with Crippen molar-refractivity contribution in [1.82, 2.24) is 5.32 Å². The summed E-state index contributed by atoms with van der Waals surface area (Å²) in [4.78, 5) is 0. The molecule has 1 aromatic carbocycles. The standard InChI is InChI=1S/C17H29NO3/c1-6-21-15-9-7-8-14(16(15)20-5)11-18-12-17(4,19)10-13(2)3/h7-9,13,18-19H,6,10-12H2,1-5H3. The number of benzene rings is 1. The minimum Gasteiger partial charge on any atom is -0.493 e. The predicted octanol–water partition coefficient (Wildman–Crippen LogP) is 2.98. The summed E-state index contributed by atoms with van der Waals surface area (Å²) in [5.74, 6) is 1.99. The van der Waals surface area contributed by atoms with E-state index >= 15 is 0 Å². The number of rotatable bonds is 9. The van der Waals surface area contributed by atoms with E-state index in [0.717, 1.165) is 23.5 Å². The van der Waals surface area contributed by atoms with Crippen LogP contribution in [0.4, 0.5) is 0 Å². The molecule has 0 amide bonds. The second-order valence-electron chi connectivity index (χ2n) is 6.08. The number of methoxy groups -OCH3 is 1. The molecule has 4 heteroatoms. The lowest BCUT2D eigenvalue weighted by atomic mass is 9.94. The number of para-hydroxylation sites is 1. The molecule has 1 atom stereocenters. The van der Waals surface area contributed by atoms with Gasteiger partial charge >= 0.3 is 0 Å². The van der Waals surface area contributed by atoms with Gasteiger partial charge in [-0.3, -0.25) is 0 Å². The molecule has 0 spiro atoms. The quantitative estimate of drug-likeness (QED) is 0.735. The predicted molar refractivity (Wildman–Crippen MR) is 85.9 cm³/mol. The Hall–Kier alpha value is -1.26. The highest BCUT2D eigenvalue weighted by Gasteiger charge is 2.21. The van der Waals surface area contributed by atoms with Crippen LogP contribution >= 0.6 is 0 Å². The third-order valence-electron chi connectivity index (χ3n) is 3.23. The Morgan fingerprint density at radius 3 is 2.62 bits per heavy atom. The maximum Gasteiger partial charge on any atom is 0.165 e. The van der Waals surface area contributed by atoms with E-state index in [2.05, 4.69) is 19.2 Å². The Balaban J connectivity index is 2.65. The molecule has 0 fully saturated rings. The summed E-state index contributed by atoms with van der Waals surface area (Å²) in [6, 6.07) is 5.86. The van der Waals surface area contributed by atoms with Crippen LogP contribution in [0.25, 0.3) is 0 Å². The van der Waals surface area contributed by atoms with E-state index < -0.39 is 5.60 Å². The van der Waals surface area contributed by atoms with Gasteiger partial charge in [-0.05, 0) is 32.3 Å². The maximum atomic E-state index is 10.3. The van der Waals surface area contributed by atoms with Crippen molar-refractivity contribution in [2.75, 3.05) is 20.3 Å². The summed E-state index contributed by atoms with van der Waals surface area (Å²) in [7, 11) is 1.65. The molecule has 0 bridgehead atoms. The van der Waals surface area contributed by atoms with Gasteiger partial charge in [-0.25, -0.2) is 0 Å². The number of aliphatic hydroxyl groups is 1. The molecule has 21 heavy (non-hydrogen) atoms. The smallest absolute Gasteiger partial charge is 0.165 e. The van der Waals surface area contributed by atoms with Gasteiger partial charge in [0.15, 0.2) is 11.5 Å². The molecule has 4 nitrogen and oxygen atoms in total. The molecule has 2 N–H and O–H groups in total. The molecule has 0 saturated carbocycles. The fraction of sp³-hybridized carbons (Fsp3) is 0.647. The zero-order chi connectivity index (χ0) is 15.9. The van der Waals surface area contributed by atoms with Crippen LogP contribution in [-0.2, 0) is 6.54 Å². The van der Waals surface area contributed by atoms with E-state index in [-0.39, 0.29) is 0 Å². The highest BCUT2D eigenvalue weighted by molar-refractivity contribution is 5.46. The zero-order valence-corrected chi connectivity index (χ0v) is 13.9. The Labute approximate surface area is 128 Å². The van der Waals surface area contributed by atoms with Crippen LogP contribution in [-0.4, -0.2) is 31.0 Å². The molecule has 120 valence electrons. The minimum absolute atomic E-state index is 0.470. The van der Waals surface area contributed by atoms with Gasteiger partial charge in [0, 0.05) is 18.7 Å². The summed E-state index contributed by atoms with van der Waals surface area (Å²) in [5.41, 5.74) is 0.336. The molecular formula is C17H29NO3. The summed E-state index contributed by atoms with van der Waals surface area (Å²) in [6.45, 7) is 9.84. The van der Waals surface area contributed by atoms with Gasteiger partial charge in [0.1, 0.15) is 0 Å². The van der Waals surface area contributed by atoms with Gasteiger partial charge in [-0.15, -0.1) is 0 Å². The van der Waals surface area contributed by atoms with Crippen molar-refractivity contribution in [2.24, 2.45) is 5.92 Å². The van der Waals surface area contributed by atoms with E-state index in [4.69, 9.17) is 9.47 Å². The highest BCUT2D eigenvalue weighted by atomic mass is 16.5. The van der Waals surface area contributed by atoms with E-state index in [0.29, 0.717) is 25.6 Å². The van der Waals surface area contributed by atoms with Crippen molar-refractivity contribution in [2.45, 2.75) is 46.3 Å². The van der Waals surface area contributed by atoms with Gasteiger partial charge in [0.05, 0.1) is 19.3 Å². The van der Waals surface area contributed by atoms with Gasteiger partial charge in [0.25, 0.3) is 0 Å². The molecule has 0 aliphatic heterocycles. The molecule has 0 aromatic heterocycles. The van der Waals surface area contributed by atoms with E-state index in [1.54, 1.807) is 7.11 Å². The second-order valence-corrected chi connectivity index (χ2v) is 6.08. The summed E-state index contributed by atoms with van der Waals surface area (Å²) in [6.07, 6.45) is 0.774. The Bertz CT molecular complexity index is 430. The molecule has 1 rings (SSSR count). The number of ether oxygens (including phenoxy) is 2. The van der Waals surface area contributed by atoms with Gasteiger partial charge < -0.3 is 19.9 Å². The van der Waals surface area contributed by atoms with Crippen molar-refractivity contribution in [3.8, 4) is 11.5 Å². The molecule has 0 heterocycles. The first-order valence-corrected chi connectivity index (χ1v) is 7.61. The number of hydrogen-bond donors (Lipinski definition) is 2. The first kappa shape index (κ1) is 17.8. The van der Waals surface area contributed by atoms with Crippen molar-refractivity contribution >= 4 is 0 Å². The third kappa shape index (κ3) is 5.94. The van der Waals surface area contributed by atoms with Gasteiger partial charge in [-0.2, -0.15) is 0 Å². The lowest BCUT2D eigenvalue weighted by Crippen LogP contribution is -2.38. The Kier molecular flexibility index (Phi) is 6.99. The Morgan fingerprint density at radius 2 is 2.05 bits per heavy atom. The van der Waals surface area contributed by atoms with Crippen LogP contribution in [0, 0.1) is 5.92 Å². The average Bonchev–Trinajstić information content (AvgIpc) is 2.37. The molecule has 1 unspecified atom stereocenters.